The molecular formula is C18H18N4S+2. The molecule has 0 aliphatic rings. The third kappa shape index (κ3) is 2.16. The molecule has 0 aliphatic carbocycles. The maximum absolute atomic E-state index is 4.83. The van der Waals surface area contributed by atoms with Crippen molar-refractivity contribution in [3.63, 3.8) is 0 Å². The molecule has 3 heterocycles. The van der Waals surface area contributed by atoms with E-state index in [0.29, 0.717) is 0 Å². The van der Waals surface area contributed by atoms with Crippen LogP contribution < -0.4 is 9.13 Å². The van der Waals surface area contributed by atoms with Gasteiger partial charge in [0.15, 0.2) is 6.20 Å². The number of hydrogen-bond acceptors (Lipinski definition) is 2. The smallest absolute Gasteiger partial charge is 0.322 e. The number of imidazole rings is 1. The van der Waals surface area contributed by atoms with Crippen molar-refractivity contribution in [3.05, 3.63) is 54.0 Å². The second-order valence-corrected chi connectivity index (χ2v) is 6.55. The van der Waals surface area contributed by atoms with Crippen LogP contribution in [0.1, 0.15) is 0 Å². The molecule has 3 aromatic heterocycles. The first-order valence-electron chi connectivity index (χ1n) is 7.51. The van der Waals surface area contributed by atoms with E-state index in [0.717, 1.165) is 22.6 Å². The van der Waals surface area contributed by atoms with Crippen LogP contribution in [0, 0.1) is 0 Å². The van der Waals surface area contributed by atoms with E-state index in [1.54, 1.807) is 11.3 Å². The molecule has 0 spiro atoms. The van der Waals surface area contributed by atoms with Crippen molar-refractivity contribution in [2.24, 2.45) is 21.1 Å². The molecule has 1 aromatic carbocycles. The zero-order chi connectivity index (χ0) is 16.0. The van der Waals surface area contributed by atoms with E-state index in [4.69, 9.17) is 4.98 Å². The Morgan fingerprint density at radius 1 is 1.00 bits per heavy atom. The van der Waals surface area contributed by atoms with Crippen LogP contribution in [-0.4, -0.2) is 9.55 Å². The Kier molecular flexibility index (Phi) is 3.23. The number of pyridine rings is 1. The molecule has 0 unspecified atom stereocenters. The molecule has 114 valence electrons. The summed E-state index contributed by atoms with van der Waals surface area (Å²) < 4.78 is 6.52. The number of hydrogen-bond donors (Lipinski definition) is 0. The molecule has 4 nitrogen and oxygen atoms in total. The van der Waals surface area contributed by atoms with Gasteiger partial charge in [0, 0.05) is 19.2 Å². The number of nitrogens with zero attached hydrogens (tertiary/aromatic N) is 4. The van der Waals surface area contributed by atoms with Crippen molar-refractivity contribution in [3.8, 4) is 22.2 Å². The average Bonchev–Trinajstić information content (AvgIpc) is 3.12. The van der Waals surface area contributed by atoms with E-state index in [1.165, 1.54) is 10.7 Å². The number of fused-ring (bicyclic) bond motifs is 1. The maximum atomic E-state index is 4.83. The van der Waals surface area contributed by atoms with Gasteiger partial charge in [0.05, 0.1) is 16.4 Å². The van der Waals surface area contributed by atoms with Gasteiger partial charge in [-0.2, -0.15) is 9.13 Å². The predicted octanol–water partition coefficient (Wildman–Crippen LogP) is 2.62. The molecule has 0 aliphatic heterocycles. The largest absolute Gasteiger partial charge is 0.334 e. The molecule has 0 amide bonds. The Hall–Kier alpha value is -2.53. The van der Waals surface area contributed by atoms with Crippen LogP contribution >= 0.6 is 11.3 Å². The van der Waals surface area contributed by atoms with Crippen LogP contribution in [0.4, 0.5) is 0 Å². The van der Waals surface area contributed by atoms with Gasteiger partial charge in [0.2, 0.25) is 11.5 Å². The lowest BCUT2D eigenvalue weighted by Gasteiger charge is -2.03. The highest BCUT2D eigenvalue weighted by atomic mass is 32.1. The number of rotatable bonds is 2. The van der Waals surface area contributed by atoms with Crippen LogP contribution in [0.15, 0.2) is 54.0 Å². The van der Waals surface area contributed by atoms with Gasteiger partial charge in [-0.05, 0) is 18.2 Å². The summed E-state index contributed by atoms with van der Waals surface area (Å²) in [6, 6.07) is 14.6. The van der Waals surface area contributed by atoms with Crippen molar-refractivity contribution >= 4 is 22.4 Å². The van der Waals surface area contributed by atoms with Crippen LogP contribution in [0.25, 0.3) is 33.3 Å². The van der Waals surface area contributed by atoms with Gasteiger partial charge in [0.25, 0.3) is 5.69 Å². The Morgan fingerprint density at radius 2 is 1.78 bits per heavy atom. The number of aromatic nitrogens is 4. The molecule has 4 aromatic rings. The minimum atomic E-state index is 0.981. The van der Waals surface area contributed by atoms with E-state index in [-0.39, 0.29) is 0 Å². The van der Waals surface area contributed by atoms with Crippen molar-refractivity contribution in [1.29, 1.82) is 0 Å². The normalized spacial score (nSPS) is 11.3. The molecule has 4 rings (SSSR count). The van der Waals surface area contributed by atoms with Crippen molar-refractivity contribution in [2.45, 2.75) is 0 Å². The van der Waals surface area contributed by atoms with E-state index >= 15 is 0 Å². The van der Waals surface area contributed by atoms with Gasteiger partial charge in [0.1, 0.15) is 14.1 Å². The Bertz CT molecular complexity index is 1010. The summed E-state index contributed by atoms with van der Waals surface area (Å²) in [7, 11) is 6.25. The fourth-order valence-electron chi connectivity index (χ4n) is 2.98. The van der Waals surface area contributed by atoms with Gasteiger partial charge >= 0.3 is 5.01 Å². The zero-order valence-electron chi connectivity index (χ0n) is 13.4. The monoisotopic (exact) mass is 322 g/mol. The second-order valence-electron chi connectivity index (χ2n) is 5.66. The molecule has 0 fully saturated rings. The minimum Gasteiger partial charge on any atom is -0.322 e. The van der Waals surface area contributed by atoms with Gasteiger partial charge in [-0.15, -0.1) is 0 Å². The van der Waals surface area contributed by atoms with Crippen molar-refractivity contribution in [2.75, 3.05) is 0 Å². The second kappa shape index (κ2) is 5.28. The van der Waals surface area contributed by atoms with Gasteiger partial charge in [-0.3, -0.25) is 0 Å². The third-order valence-electron chi connectivity index (χ3n) is 4.25. The Balaban J connectivity index is 1.96. The molecule has 23 heavy (non-hydrogen) atoms. The van der Waals surface area contributed by atoms with Gasteiger partial charge in [-0.25, -0.2) is 4.98 Å². The van der Waals surface area contributed by atoms with E-state index in [1.807, 2.05) is 6.07 Å². The quantitative estimate of drug-likeness (QED) is 0.521. The topological polar surface area (TPSA) is 25.6 Å². The van der Waals surface area contributed by atoms with E-state index in [9.17, 15) is 0 Å². The average molecular weight is 322 g/mol. The van der Waals surface area contributed by atoms with Crippen molar-refractivity contribution < 1.29 is 9.13 Å². The molecule has 0 N–H and O–H groups in total. The lowest BCUT2D eigenvalue weighted by Crippen LogP contribution is -2.38. The number of aryl methyl sites for hydroxylation is 2. The van der Waals surface area contributed by atoms with Crippen molar-refractivity contribution in [1.82, 2.24) is 9.55 Å². The van der Waals surface area contributed by atoms with Crippen LogP contribution in [0.2, 0.25) is 0 Å². The fraction of sp³-hybridized carbons (Fsp3) is 0.167. The lowest BCUT2D eigenvalue weighted by molar-refractivity contribution is -0.682. The summed E-state index contributed by atoms with van der Waals surface area (Å²) in [5, 5.41) is 3.34. The summed E-state index contributed by atoms with van der Waals surface area (Å²) in [5.74, 6) is 0.981. The zero-order valence-corrected chi connectivity index (χ0v) is 14.2. The molecule has 0 radical (unpaired) electrons. The summed E-state index contributed by atoms with van der Waals surface area (Å²) in [4.78, 5) is 4.83. The standard InChI is InChI=1S/C18H18N4S/c1-20-11-12-23-18(20)16-10-6-9-15(21(16)2)17-19-13-7-4-5-8-14(13)22(17)3/h4-12H,1-3H3/q+2. The minimum absolute atomic E-state index is 0.981. The molecule has 5 heteroatoms. The predicted molar refractivity (Wildman–Crippen MR) is 91.8 cm³/mol. The molecular weight excluding hydrogens is 304 g/mol. The maximum Gasteiger partial charge on any atom is 0.334 e. The highest BCUT2D eigenvalue weighted by Crippen LogP contribution is 2.23. The first-order chi connectivity index (χ1) is 11.2. The third-order valence-corrected chi connectivity index (χ3v) is 5.23. The first-order valence-corrected chi connectivity index (χ1v) is 8.39. The van der Waals surface area contributed by atoms with Crippen LogP contribution in [-0.2, 0) is 21.1 Å². The lowest BCUT2D eigenvalue weighted by atomic mass is 10.2. The number of para-hydroxylation sites is 2. The van der Waals surface area contributed by atoms with Gasteiger partial charge in [-0.1, -0.05) is 23.5 Å². The fourth-order valence-corrected chi connectivity index (χ4v) is 3.90. The SMILES string of the molecule is Cn1c(-c2cccc(-c3scc[n+]3C)[n+]2C)nc2ccccc21. The molecule has 0 atom stereocenters. The highest BCUT2D eigenvalue weighted by Gasteiger charge is 2.26. The number of thiazole rings is 1. The summed E-state index contributed by atoms with van der Waals surface area (Å²) in [5.41, 5.74) is 4.47. The van der Waals surface area contributed by atoms with Gasteiger partial charge < -0.3 is 4.57 Å². The molecule has 0 saturated carbocycles. The van der Waals surface area contributed by atoms with Crippen LogP contribution in [0.5, 0.6) is 0 Å². The molecule has 0 saturated heterocycles. The first kappa shape index (κ1) is 14.1. The Morgan fingerprint density at radius 3 is 2.52 bits per heavy atom. The number of benzene rings is 1. The van der Waals surface area contributed by atoms with E-state index < -0.39 is 0 Å². The summed E-state index contributed by atoms with van der Waals surface area (Å²) >= 11 is 1.74. The highest BCUT2D eigenvalue weighted by molar-refractivity contribution is 7.12. The van der Waals surface area contributed by atoms with E-state index in [2.05, 4.69) is 82.8 Å². The Labute approximate surface area is 138 Å². The summed E-state index contributed by atoms with van der Waals surface area (Å²) in [6.07, 6.45) is 2.09. The molecule has 0 bridgehead atoms. The van der Waals surface area contributed by atoms with Crippen LogP contribution in [0.3, 0.4) is 0 Å². The summed E-state index contributed by atoms with van der Waals surface area (Å²) in [6.45, 7) is 0.